The molecular weight excluding hydrogens is 501 g/mol. The number of nitrogens with zero attached hydrogens (tertiary/aromatic N) is 2. The summed E-state index contributed by atoms with van der Waals surface area (Å²) in [7, 11) is 0.735. The molecule has 1 amide bonds. The lowest BCUT2D eigenvalue weighted by atomic mass is 10.1. The lowest BCUT2D eigenvalue weighted by Gasteiger charge is -2.32. The second kappa shape index (κ2) is 14.7. The van der Waals surface area contributed by atoms with Crippen molar-refractivity contribution in [3.8, 4) is 0 Å². The molecule has 1 saturated heterocycles. The standard InChI is InChI=1S/C20H33N5O2S.HI/c1-3-11-22-19(26)16-25-13-9-17(10-14-25)24-20(21-2)23-12-15-28(27)18-7-5-4-6-8-18;/h4-8,17H,3,9-16H2,1-2H3,(H,22,26)(H2,21,23,24);1H. The summed E-state index contributed by atoms with van der Waals surface area (Å²) < 4.78 is 12.3. The van der Waals surface area contributed by atoms with Crippen LogP contribution in [-0.2, 0) is 15.6 Å². The van der Waals surface area contributed by atoms with Gasteiger partial charge in [0, 0.05) is 49.9 Å². The summed E-state index contributed by atoms with van der Waals surface area (Å²) in [6.07, 6.45) is 2.90. The van der Waals surface area contributed by atoms with Crippen LogP contribution in [0.2, 0.25) is 0 Å². The Bertz CT molecular complexity index is 652. The van der Waals surface area contributed by atoms with E-state index in [1.807, 2.05) is 30.3 Å². The Kier molecular flexibility index (Phi) is 13.1. The summed E-state index contributed by atoms with van der Waals surface area (Å²) in [5.74, 6) is 1.39. The largest absolute Gasteiger partial charge is 0.355 e. The minimum absolute atomic E-state index is 0. The van der Waals surface area contributed by atoms with Crippen molar-refractivity contribution < 1.29 is 9.00 Å². The van der Waals surface area contributed by atoms with E-state index in [-0.39, 0.29) is 29.9 Å². The molecule has 1 unspecified atom stereocenters. The lowest BCUT2D eigenvalue weighted by molar-refractivity contribution is -0.122. The molecule has 0 spiro atoms. The number of hydrogen-bond donors (Lipinski definition) is 3. The summed E-state index contributed by atoms with van der Waals surface area (Å²) in [5, 5.41) is 9.62. The van der Waals surface area contributed by atoms with Crippen LogP contribution in [0.15, 0.2) is 40.2 Å². The summed E-state index contributed by atoms with van der Waals surface area (Å²) in [4.78, 5) is 19.1. The highest BCUT2D eigenvalue weighted by Crippen LogP contribution is 2.10. The van der Waals surface area contributed by atoms with Crippen LogP contribution in [0, 0.1) is 0 Å². The molecule has 1 aliphatic rings. The Morgan fingerprint density at radius 2 is 1.86 bits per heavy atom. The molecule has 0 bridgehead atoms. The first-order chi connectivity index (χ1) is 13.6. The second-order valence-corrected chi connectivity index (χ2v) is 8.48. The Balaban J connectivity index is 0.00000420. The predicted octanol–water partition coefficient (Wildman–Crippen LogP) is 1.57. The molecule has 3 N–H and O–H groups in total. The van der Waals surface area contributed by atoms with Gasteiger partial charge in [-0.3, -0.25) is 18.9 Å². The maximum Gasteiger partial charge on any atom is 0.234 e. The number of likely N-dealkylation sites (tertiary alicyclic amines) is 1. The van der Waals surface area contributed by atoms with Gasteiger partial charge in [0.05, 0.1) is 17.3 Å². The number of piperidine rings is 1. The fourth-order valence-corrected chi connectivity index (χ4v) is 4.08. The molecule has 0 saturated carbocycles. The van der Waals surface area contributed by atoms with Gasteiger partial charge in [-0.15, -0.1) is 24.0 Å². The highest BCUT2D eigenvalue weighted by atomic mass is 127. The number of guanidine groups is 1. The van der Waals surface area contributed by atoms with Crippen LogP contribution in [0.3, 0.4) is 0 Å². The van der Waals surface area contributed by atoms with E-state index in [0.717, 1.165) is 49.8 Å². The van der Waals surface area contributed by atoms with Crippen molar-refractivity contribution >= 4 is 46.6 Å². The molecule has 164 valence electrons. The van der Waals surface area contributed by atoms with Crippen molar-refractivity contribution in [2.75, 3.05) is 45.5 Å². The molecule has 29 heavy (non-hydrogen) atoms. The van der Waals surface area contributed by atoms with E-state index in [9.17, 15) is 9.00 Å². The van der Waals surface area contributed by atoms with Crippen LogP contribution >= 0.6 is 24.0 Å². The normalized spacial score (nSPS) is 16.6. The quantitative estimate of drug-likeness (QED) is 0.254. The van der Waals surface area contributed by atoms with Gasteiger partial charge in [0.15, 0.2) is 5.96 Å². The Labute approximate surface area is 194 Å². The molecule has 1 atom stereocenters. The zero-order chi connectivity index (χ0) is 20.2. The molecule has 1 aromatic rings. The third kappa shape index (κ3) is 9.90. The lowest BCUT2D eigenvalue weighted by Crippen LogP contribution is -2.50. The molecule has 0 aliphatic carbocycles. The van der Waals surface area contributed by atoms with Gasteiger partial charge in [-0.05, 0) is 31.4 Å². The van der Waals surface area contributed by atoms with E-state index in [0.29, 0.717) is 24.9 Å². The number of benzene rings is 1. The van der Waals surface area contributed by atoms with E-state index >= 15 is 0 Å². The first-order valence-corrected chi connectivity index (χ1v) is 11.3. The molecule has 1 fully saturated rings. The number of hydrogen-bond acceptors (Lipinski definition) is 4. The number of nitrogens with one attached hydrogen (secondary N) is 3. The molecule has 1 aliphatic heterocycles. The van der Waals surface area contributed by atoms with Crippen LogP contribution in [-0.4, -0.2) is 72.5 Å². The molecule has 0 aromatic heterocycles. The van der Waals surface area contributed by atoms with Gasteiger partial charge < -0.3 is 16.0 Å². The first kappa shape index (κ1) is 25.8. The fraction of sp³-hybridized carbons (Fsp3) is 0.600. The number of carbonyl (C=O) groups is 1. The second-order valence-electron chi connectivity index (χ2n) is 6.91. The first-order valence-electron chi connectivity index (χ1n) is 10.0. The maximum atomic E-state index is 12.3. The van der Waals surface area contributed by atoms with Gasteiger partial charge in [-0.1, -0.05) is 25.1 Å². The molecule has 2 rings (SSSR count). The van der Waals surface area contributed by atoms with E-state index in [2.05, 4.69) is 32.8 Å². The van der Waals surface area contributed by atoms with Gasteiger partial charge in [0.25, 0.3) is 0 Å². The predicted molar refractivity (Wildman–Crippen MR) is 130 cm³/mol. The molecule has 0 radical (unpaired) electrons. The highest BCUT2D eigenvalue weighted by molar-refractivity contribution is 14.0. The molecular formula is C20H34IN5O2S. The molecule has 9 heteroatoms. The van der Waals surface area contributed by atoms with E-state index in [4.69, 9.17) is 0 Å². The number of carbonyl (C=O) groups excluding carboxylic acids is 1. The van der Waals surface area contributed by atoms with Gasteiger partial charge in [-0.25, -0.2) is 0 Å². The van der Waals surface area contributed by atoms with E-state index in [1.165, 1.54) is 0 Å². The van der Waals surface area contributed by atoms with Crippen molar-refractivity contribution in [2.45, 2.75) is 37.1 Å². The van der Waals surface area contributed by atoms with E-state index < -0.39 is 10.8 Å². The van der Waals surface area contributed by atoms with Gasteiger partial charge >= 0.3 is 0 Å². The topological polar surface area (TPSA) is 85.8 Å². The molecule has 1 heterocycles. The Morgan fingerprint density at radius 3 is 2.48 bits per heavy atom. The highest BCUT2D eigenvalue weighted by Gasteiger charge is 2.21. The van der Waals surface area contributed by atoms with Crippen molar-refractivity contribution in [2.24, 2.45) is 4.99 Å². The minimum Gasteiger partial charge on any atom is -0.355 e. The Hall–Kier alpha value is -1.20. The van der Waals surface area contributed by atoms with Crippen LogP contribution in [0.1, 0.15) is 26.2 Å². The van der Waals surface area contributed by atoms with Gasteiger partial charge in [0.2, 0.25) is 5.91 Å². The van der Waals surface area contributed by atoms with Gasteiger partial charge in [0.1, 0.15) is 0 Å². The van der Waals surface area contributed by atoms with Crippen molar-refractivity contribution in [1.82, 2.24) is 20.9 Å². The fourth-order valence-electron chi connectivity index (χ4n) is 3.10. The van der Waals surface area contributed by atoms with Crippen LogP contribution in [0.25, 0.3) is 0 Å². The SMILES string of the molecule is CCCNC(=O)CN1CCC(NC(=NC)NCCS(=O)c2ccccc2)CC1.I. The maximum absolute atomic E-state index is 12.3. The van der Waals surface area contributed by atoms with Gasteiger partial charge in [-0.2, -0.15) is 0 Å². The third-order valence-electron chi connectivity index (χ3n) is 4.68. The zero-order valence-corrected chi connectivity index (χ0v) is 20.5. The van der Waals surface area contributed by atoms with Crippen molar-refractivity contribution in [3.05, 3.63) is 30.3 Å². The zero-order valence-electron chi connectivity index (χ0n) is 17.4. The Morgan fingerprint density at radius 1 is 1.17 bits per heavy atom. The monoisotopic (exact) mass is 535 g/mol. The number of aliphatic imine (C=N–C) groups is 1. The van der Waals surface area contributed by atoms with Crippen molar-refractivity contribution in [3.63, 3.8) is 0 Å². The molecule has 1 aromatic carbocycles. The van der Waals surface area contributed by atoms with Crippen molar-refractivity contribution in [1.29, 1.82) is 0 Å². The van der Waals surface area contributed by atoms with Crippen LogP contribution < -0.4 is 16.0 Å². The third-order valence-corrected chi connectivity index (χ3v) is 6.05. The number of rotatable bonds is 9. The average Bonchev–Trinajstić information content (AvgIpc) is 2.73. The average molecular weight is 535 g/mol. The van der Waals surface area contributed by atoms with Crippen LogP contribution in [0.5, 0.6) is 0 Å². The summed E-state index contributed by atoms with van der Waals surface area (Å²) in [5.41, 5.74) is 0. The smallest absolute Gasteiger partial charge is 0.234 e. The van der Waals surface area contributed by atoms with Crippen LogP contribution in [0.4, 0.5) is 0 Å². The summed E-state index contributed by atoms with van der Waals surface area (Å²) in [6, 6.07) is 9.84. The minimum atomic E-state index is -1.01. The summed E-state index contributed by atoms with van der Waals surface area (Å²) in [6.45, 7) is 5.66. The molecule has 7 nitrogen and oxygen atoms in total. The summed E-state index contributed by atoms with van der Waals surface area (Å²) >= 11 is 0. The number of halogens is 1. The van der Waals surface area contributed by atoms with E-state index in [1.54, 1.807) is 7.05 Å². The number of amides is 1.